The van der Waals surface area contributed by atoms with Gasteiger partial charge in [-0.15, -0.1) is 0 Å². The Morgan fingerprint density at radius 1 is 1.25 bits per heavy atom. The van der Waals surface area contributed by atoms with Crippen molar-refractivity contribution in [2.45, 2.75) is 0 Å². The van der Waals surface area contributed by atoms with Crippen molar-refractivity contribution < 1.29 is 9.53 Å². The van der Waals surface area contributed by atoms with Gasteiger partial charge in [0, 0.05) is 26.5 Å². The molecule has 0 radical (unpaired) electrons. The third-order valence-electron chi connectivity index (χ3n) is 2.37. The van der Waals surface area contributed by atoms with E-state index in [1.54, 1.807) is 25.1 Å². The molecule has 1 amide bonds. The zero-order valence-corrected chi connectivity index (χ0v) is 11.4. The number of carbonyl (C=O) groups excluding carboxylic acids is 1. The van der Waals surface area contributed by atoms with E-state index in [4.69, 9.17) is 4.74 Å². The Labute approximate surface area is 115 Å². The van der Waals surface area contributed by atoms with E-state index in [1.807, 2.05) is 0 Å². The molecule has 2 aromatic heterocycles. The topological polar surface area (TPSA) is 93.1 Å². The van der Waals surface area contributed by atoms with E-state index in [9.17, 15) is 4.79 Å². The van der Waals surface area contributed by atoms with Crippen LogP contribution in [-0.4, -0.2) is 47.0 Å². The fourth-order valence-electron chi connectivity index (χ4n) is 1.48. The van der Waals surface area contributed by atoms with Crippen LogP contribution in [0.25, 0.3) is 0 Å². The average Bonchev–Trinajstić information content (AvgIpc) is 2.48. The van der Waals surface area contributed by atoms with Crippen molar-refractivity contribution >= 4 is 17.4 Å². The Morgan fingerprint density at radius 3 is 2.55 bits per heavy atom. The molecule has 8 heteroatoms. The molecule has 2 aromatic rings. The summed E-state index contributed by atoms with van der Waals surface area (Å²) >= 11 is 0. The van der Waals surface area contributed by atoms with Crippen LogP contribution in [0.4, 0.5) is 11.5 Å². The van der Waals surface area contributed by atoms with Crippen molar-refractivity contribution in [1.82, 2.24) is 19.9 Å². The quantitative estimate of drug-likeness (QED) is 0.872. The molecular weight excluding hydrogens is 260 g/mol. The zero-order chi connectivity index (χ0) is 14.5. The number of nitrogens with zero attached hydrogens (tertiary/aromatic N) is 5. The van der Waals surface area contributed by atoms with E-state index in [2.05, 4.69) is 25.3 Å². The van der Waals surface area contributed by atoms with Crippen LogP contribution in [0, 0.1) is 0 Å². The van der Waals surface area contributed by atoms with Crippen molar-refractivity contribution in [2.75, 3.05) is 31.4 Å². The van der Waals surface area contributed by atoms with Crippen molar-refractivity contribution in [2.24, 2.45) is 0 Å². The molecule has 0 fully saturated rings. The van der Waals surface area contributed by atoms with Crippen LogP contribution in [0.15, 0.2) is 24.7 Å². The van der Waals surface area contributed by atoms with Gasteiger partial charge in [-0.05, 0) is 6.07 Å². The minimum Gasteiger partial charge on any atom is -0.467 e. The summed E-state index contributed by atoms with van der Waals surface area (Å²) in [6.07, 6.45) is 4.47. The molecule has 0 saturated heterocycles. The van der Waals surface area contributed by atoms with Gasteiger partial charge in [0.25, 0.3) is 5.91 Å². The predicted octanol–water partition coefficient (Wildman–Crippen LogP) is 0.593. The summed E-state index contributed by atoms with van der Waals surface area (Å²) in [7, 11) is 5.08. The lowest BCUT2D eigenvalue weighted by atomic mass is 10.4. The molecule has 2 rings (SSSR count). The lowest BCUT2D eigenvalue weighted by molar-refractivity contribution is 0.101. The van der Waals surface area contributed by atoms with Gasteiger partial charge in [-0.1, -0.05) is 0 Å². The number of carbonyl (C=O) groups is 1. The summed E-state index contributed by atoms with van der Waals surface area (Å²) in [5.74, 6) is 0.177. The largest absolute Gasteiger partial charge is 0.467 e. The van der Waals surface area contributed by atoms with E-state index in [0.29, 0.717) is 11.5 Å². The Hall–Kier alpha value is -2.77. The highest BCUT2D eigenvalue weighted by Crippen LogP contribution is 2.23. The second-order valence-electron chi connectivity index (χ2n) is 4.01. The molecule has 0 aliphatic carbocycles. The molecule has 2 heterocycles. The second kappa shape index (κ2) is 5.91. The molecule has 8 nitrogen and oxygen atoms in total. The second-order valence-corrected chi connectivity index (χ2v) is 4.01. The number of aromatic nitrogens is 4. The normalized spacial score (nSPS) is 9.95. The first kappa shape index (κ1) is 13.7. The molecule has 0 aliphatic rings. The number of hydrogen-bond acceptors (Lipinski definition) is 7. The number of rotatable bonds is 4. The van der Waals surface area contributed by atoms with E-state index < -0.39 is 5.91 Å². The average molecular weight is 274 g/mol. The monoisotopic (exact) mass is 274 g/mol. The summed E-state index contributed by atoms with van der Waals surface area (Å²) in [5, 5.41) is 2.67. The maximum atomic E-state index is 12.0. The molecular formula is C12H14N6O2. The van der Waals surface area contributed by atoms with Crippen molar-refractivity contribution in [3.05, 3.63) is 30.5 Å². The van der Waals surface area contributed by atoms with E-state index in [-0.39, 0.29) is 11.8 Å². The molecule has 20 heavy (non-hydrogen) atoms. The van der Waals surface area contributed by atoms with Crippen molar-refractivity contribution in [1.29, 1.82) is 0 Å². The summed E-state index contributed by atoms with van der Waals surface area (Å²) in [6.45, 7) is 0. The first-order valence-corrected chi connectivity index (χ1v) is 5.78. The van der Waals surface area contributed by atoms with Gasteiger partial charge >= 0.3 is 6.01 Å². The minimum atomic E-state index is -0.428. The number of amides is 1. The highest BCUT2D eigenvalue weighted by atomic mass is 16.5. The number of methoxy groups -OCH3 is 1. The van der Waals surface area contributed by atoms with Crippen LogP contribution in [0.5, 0.6) is 6.01 Å². The van der Waals surface area contributed by atoms with E-state index in [0.717, 1.165) is 0 Å². The minimum absolute atomic E-state index is 0.0769. The van der Waals surface area contributed by atoms with Crippen LogP contribution in [0.2, 0.25) is 0 Å². The first-order valence-electron chi connectivity index (χ1n) is 5.78. The lowest BCUT2D eigenvalue weighted by Crippen LogP contribution is -2.20. The summed E-state index contributed by atoms with van der Waals surface area (Å²) in [5.41, 5.74) is 0.452. The summed E-state index contributed by atoms with van der Waals surface area (Å²) in [6, 6.07) is 1.86. The molecule has 0 aliphatic heterocycles. The standard InChI is InChI=1S/C12H14N6O2/c1-18(2)10-8(7-15-12(17-10)20-3)16-11(19)9-13-5-4-6-14-9/h4-7H,1-3H3,(H,16,19). The number of ether oxygens (including phenoxy) is 1. The van der Waals surface area contributed by atoms with Crippen LogP contribution < -0.4 is 15.0 Å². The Balaban J connectivity index is 2.27. The smallest absolute Gasteiger partial charge is 0.318 e. The third kappa shape index (κ3) is 2.97. The maximum absolute atomic E-state index is 12.0. The predicted molar refractivity (Wildman–Crippen MR) is 72.9 cm³/mol. The van der Waals surface area contributed by atoms with Crippen LogP contribution in [0.1, 0.15) is 10.6 Å². The van der Waals surface area contributed by atoms with Crippen molar-refractivity contribution in [3.8, 4) is 6.01 Å². The van der Waals surface area contributed by atoms with Crippen LogP contribution in [0.3, 0.4) is 0 Å². The zero-order valence-electron chi connectivity index (χ0n) is 11.4. The van der Waals surface area contributed by atoms with Gasteiger partial charge in [-0.2, -0.15) is 4.98 Å². The molecule has 0 atom stereocenters. The van der Waals surface area contributed by atoms with Gasteiger partial charge in [0.1, 0.15) is 5.69 Å². The molecule has 104 valence electrons. The van der Waals surface area contributed by atoms with Gasteiger partial charge in [-0.25, -0.2) is 15.0 Å². The third-order valence-corrected chi connectivity index (χ3v) is 2.37. The fraction of sp³-hybridized carbons (Fsp3) is 0.250. The first-order chi connectivity index (χ1) is 9.61. The molecule has 0 bridgehead atoms. The number of anilines is 2. The van der Waals surface area contributed by atoms with Crippen LogP contribution in [-0.2, 0) is 0 Å². The molecule has 0 unspecified atom stereocenters. The SMILES string of the molecule is COc1ncc(NC(=O)c2ncccn2)c(N(C)C)n1. The fourth-order valence-corrected chi connectivity index (χ4v) is 1.48. The maximum Gasteiger partial charge on any atom is 0.318 e. The van der Waals surface area contributed by atoms with Gasteiger partial charge in [0.2, 0.25) is 5.82 Å². The van der Waals surface area contributed by atoms with Gasteiger partial charge in [-0.3, -0.25) is 4.79 Å². The Bertz CT molecular complexity index is 602. The molecule has 0 spiro atoms. The van der Waals surface area contributed by atoms with E-state index >= 15 is 0 Å². The van der Waals surface area contributed by atoms with Crippen molar-refractivity contribution in [3.63, 3.8) is 0 Å². The van der Waals surface area contributed by atoms with E-state index in [1.165, 1.54) is 25.7 Å². The lowest BCUT2D eigenvalue weighted by Gasteiger charge is -2.16. The highest BCUT2D eigenvalue weighted by Gasteiger charge is 2.15. The number of nitrogens with one attached hydrogen (secondary N) is 1. The van der Waals surface area contributed by atoms with Gasteiger partial charge in [0.15, 0.2) is 5.82 Å². The summed E-state index contributed by atoms with van der Waals surface area (Å²) in [4.78, 5) is 29.7. The molecule has 0 aromatic carbocycles. The van der Waals surface area contributed by atoms with Gasteiger partial charge in [0.05, 0.1) is 13.3 Å². The van der Waals surface area contributed by atoms with Crippen LogP contribution >= 0.6 is 0 Å². The van der Waals surface area contributed by atoms with Gasteiger partial charge < -0.3 is 15.0 Å². The Morgan fingerprint density at radius 2 is 1.95 bits per heavy atom. The molecule has 0 saturated carbocycles. The summed E-state index contributed by atoms with van der Waals surface area (Å²) < 4.78 is 4.96. The Kier molecular flexibility index (Phi) is 4.04. The highest BCUT2D eigenvalue weighted by molar-refractivity contribution is 6.02. The number of hydrogen-bond donors (Lipinski definition) is 1. The molecule has 1 N–H and O–H groups in total.